The van der Waals surface area contributed by atoms with Gasteiger partial charge >= 0.3 is 0 Å². The van der Waals surface area contributed by atoms with Crippen LogP contribution in [-0.4, -0.2) is 42.2 Å². The molecule has 2 aliphatic heterocycles. The minimum absolute atomic E-state index is 0.0125. The second kappa shape index (κ2) is 6.59. The molecule has 0 radical (unpaired) electrons. The quantitative estimate of drug-likeness (QED) is 0.778. The molecular formula is C18H20ClN3O. The minimum Gasteiger partial charge on any atom is -0.383 e. The molecule has 23 heavy (non-hydrogen) atoms. The topological polar surface area (TPSA) is 35.9 Å². The highest BCUT2D eigenvalue weighted by Gasteiger charge is 2.33. The Kier molecular flexibility index (Phi) is 4.53. The molecule has 0 aliphatic carbocycles. The van der Waals surface area contributed by atoms with E-state index in [9.17, 15) is 4.79 Å². The maximum absolute atomic E-state index is 12.7. The Morgan fingerprint density at radius 3 is 2.65 bits per heavy atom. The lowest BCUT2D eigenvalue weighted by Crippen LogP contribution is -2.32. The average molecular weight is 330 g/mol. The predicted molar refractivity (Wildman–Crippen MR) is 94.2 cm³/mol. The average Bonchev–Trinajstić information content (AvgIpc) is 2.68. The molecule has 1 amide bonds. The number of fused-ring (bicyclic) bond motifs is 1. The van der Waals surface area contributed by atoms with Crippen LogP contribution < -0.4 is 0 Å². The summed E-state index contributed by atoms with van der Waals surface area (Å²) in [5, 5.41) is 0.682. The number of amidine groups is 1. The number of aliphatic imine (C=N–C) groups is 1. The molecule has 0 unspecified atom stereocenters. The van der Waals surface area contributed by atoms with Gasteiger partial charge in [0.25, 0.3) is 5.91 Å². The van der Waals surface area contributed by atoms with Crippen molar-refractivity contribution in [1.29, 1.82) is 0 Å². The van der Waals surface area contributed by atoms with E-state index in [1.807, 2.05) is 54.2 Å². The first-order valence-corrected chi connectivity index (χ1v) is 8.18. The van der Waals surface area contributed by atoms with E-state index in [2.05, 4.69) is 11.2 Å². The van der Waals surface area contributed by atoms with Gasteiger partial charge in [0, 0.05) is 37.4 Å². The number of rotatable bonds is 2. The van der Waals surface area contributed by atoms with Crippen molar-refractivity contribution in [2.75, 3.05) is 20.6 Å². The molecule has 4 nitrogen and oxygen atoms in total. The summed E-state index contributed by atoms with van der Waals surface area (Å²) in [7, 11) is 3.98. The van der Waals surface area contributed by atoms with Gasteiger partial charge < -0.3 is 4.90 Å². The molecule has 2 heterocycles. The largest absolute Gasteiger partial charge is 0.383 e. The maximum Gasteiger partial charge on any atom is 0.278 e. The smallest absolute Gasteiger partial charge is 0.278 e. The van der Waals surface area contributed by atoms with Crippen molar-refractivity contribution in [3.8, 4) is 0 Å². The molecular weight excluding hydrogens is 310 g/mol. The number of amides is 1. The molecule has 0 spiro atoms. The van der Waals surface area contributed by atoms with Gasteiger partial charge in [-0.15, -0.1) is 0 Å². The third kappa shape index (κ3) is 3.48. The van der Waals surface area contributed by atoms with Crippen LogP contribution >= 0.6 is 11.6 Å². The van der Waals surface area contributed by atoms with Crippen LogP contribution in [0.3, 0.4) is 0 Å². The lowest BCUT2D eigenvalue weighted by molar-refractivity contribution is -0.122. The first kappa shape index (κ1) is 15.8. The number of halogens is 1. The molecule has 2 aliphatic rings. The summed E-state index contributed by atoms with van der Waals surface area (Å²) in [6.07, 6.45) is 6.93. The fourth-order valence-corrected chi connectivity index (χ4v) is 2.98. The first-order valence-electron chi connectivity index (χ1n) is 7.80. The Balaban J connectivity index is 1.98. The summed E-state index contributed by atoms with van der Waals surface area (Å²) in [4.78, 5) is 21.1. The maximum atomic E-state index is 12.7. The van der Waals surface area contributed by atoms with Crippen LogP contribution in [0, 0.1) is 0 Å². The first-order chi connectivity index (χ1) is 11.0. The van der Waals surface area contributed by atoms with E-state index < -0.39 is 0 Å². The Morgan fingerprint density at radius 1 is 1.22 bits per heavy atom. The highest BCUT2D eigenvalue weighted by molar-refractivity contribution is 6.30. The van der Waals surface area contributed by atoms with E-state index in [1.165, 1.54) is 0 Å². The number of hydrogen-bond donors (Lipinski definition) is 0. The Morgan fingerprint density at radius 2 is 1.96 bits per heavy atom. The zero-order valence-corrected chi connectivity index (χ0v) is 14.2. The molecule has 0 atom stereocenters. The minimum atomic E-state index is -0.0125. The molecule has 0 bridgehead atoms. The van der Waals surface area contributed by atoms with E-state index in [-0.39, 0.29) is 5.91 Å². The van der Waals surface area contributed by atoms with E-state index in [0.717, 1.165) is 42.8 Å². The monoisotopic (exact) mass is 329 g/mol. The normalized spacial score (nSPS) is 21.4. The van der Waals surface area contributed by atoms with Gasteiger partial charge in [0.05, 0.1) is 0 Å². The fourth-order valence-electron chi connectivity index (χ4n) is 2.85. The third-order valence-corrected chi connectivity index (χ3v) is 4.15. The lowest BCUT2D eigenvalue weighted by Gasteiger charge is -2.17. The number of carbonyl (C=O) groups excluding carboxylic acids is 1. The molecule has 1 saturated heterocycles. The fraction of sp³-hybridized carbons (Fsp3) is 0.333. The SMILES string of the molecule is CN(C)/C=C1/CCCCN2C(=O)/C(=C/c3ccc(Cl)cc3)N=C12. The second-order valence-electron chi connectivity index (χ2n) is 6.05. The van der Waals surface area contributed by atoms with Crippen LogP contribution in [-0.2, 0) is 4.79 Å². The van der Waals surface area contributed by atoms with E-state index in [0.29, 0.717) is 10.7 Å². The van der Waals surface area contributed by atoms with Gasteiger partial charge in [-0.2, -0.15) is 0 Å². The molecule has 0 saturated carbocycles. The van der Waals surface area contributed by atoms with Crippen LogP contribution in [0.5, 0.6) is 0 Å². The molecule has 5 heteroatoms. The number of benzene rings is 1. The number of nitrogens with zero attached hydrogens (tertiary/aromatic N) is 3. The van der Waals surface area contributed by atoms with Crippen LogP contribution in [0.1, 0.15) is 24.8 Å². The Bertz CT molecular complexity index is 701. The van der Waals surface area contributed by atoms with Gasteiger partial charge in [-0.25, -0.2) is 4.99 Å². The standard InChI is InChI=1S/C18H20ClN3O/c1-21(2)12-14-5-3-4-10-22-17(14)20-16(18(22)23)11-13-6-8-15(19)9-7-13/h6-9,11-12H,3-5,10H2,1-2H3/b14-12-,16-11-. The van der Waals surface area contributed by atoms with Crippen LogP contribution in [0.2, 0.25) is 5.02 Å². The van der Waals surface area contributed by atoms with Crippen molar-refractivity contribution >= 4 is 29.4 Å². The van der Waals surface area contributed by atoms with Gasteiger partial charge in [0.1, 0.15) is 11.5 Å². The van der Waals surface area contributed by atoms with Gasteiger partial charge in [0.2, 0.25) is 0 Å². The summed E-state index contributed by atoms with van der Waals surface area (Å²) < 4.78 is 0. The van der Waals surface area contributed by atoms with Crippen LogP contribution in [0.15, 0.2) is 46.7 Å². The molecule has 3 rings (SSSR count). The van der Waals surface area contributed by atoms with E-state index in [4.69, 9.17) is 11.6 Å². The van der Waals surface area contributed by atoms with Crippen LogP contribution in [0.25, 0.3) is 6.08 Å². The van der Waals surface area contributed by atoms with Crippen molar-refractivity contribution in [3.63, 3.8) is 0 Å². The molecule has 120 valence electrons. The summed E-state index contributed by atoms with van der Waals surface area (Å²) in [5.74, 6) is 0.794. The highest BCUT2D eigenvalue weighted by Crippen LogP contribution is 2.27. The van der Waals surface area contributed by atoms with Gasteiger partial charge in [-0.3, -0.25) is 9.69 Å². The van der Waals surface area contributed by atoms with Crippen molar-refractivity contribution in [3.05, 3.63) is 52.3 Å². The molecule has 1 aromatic carbocycles. The second-order valence-corrected chi connectivity index (χ2v) is 6.48. The summed E-state index contributed by atoms with van der Waals surface area (Å²) in [6.45, 7) is 0.737. The zero-order chi connectivity index (χ0) is 16.4. The molecule has 1 aromatic rings. The van der Waals surface area contributed by atoms with Crippen molar-refractivity contribution in [2.24, 2.45) is 4.99 Å². The Hall–Kier alpha value is -2.07. The van der Waals surface area contributed by atoms with E-state index >= 15 is 0 Å². The summed E-state index contributed by atoms with van der Waals surface area (Å²) in [5.41, 5.74) is 2.55. The van der Waals surface area contributed by atoms with Crippen molar-refractivity contribution in [2.45, 2.75) is 19.3 Å². The zero-order valence-electron chi connectivity index (χ0n) is 13.4. The lowest BCUT2D eigenvalue weighted by atomic mass is 10.1. The molecule has 1 fully saturated rings. The van der Waals surface area contributed by atoms with Crippen LogP contribution in [0.4, 0.5) is 0 Å². The number of hydrogen-bond acceptors (Lipinski definition) is 3. The third-order valence-electron chi connectivity index (χ3n) is 3.90. The van der Waals surface area contributed by atoms with Crippen molar-refractivity contribution < 1.29 is 4.79 Å². The Labute approximate surface area is 141 Å². The summed E-state index contributed by atoms with van der Waals surface area (Å²) in [6, 6.07) is 7.42. The van der Waals surface area contributed by atoms with Gasteiger partial charge in [0.15, 0.2) is 0 Å². The molecule has 0 aromatic heterocycles. The number of carbonyl (C=O) groups is 1. The van der Waals surface area contributed by atoms with Gasteiger partial charge in [-0.05, 0) is 43.0 Å². The van der Waals surface area contributed by atoms with Crippen molar-refractivity contribution in [1.82, 2.24) is 9.80 Å². The predicted octanol–water partition coefficient (Wildman–Crippen LogP) is 3.55. The highest BCUT2D eigenvalue weighted by atomic mass is 35.5. The summed E-state index contributed by atoms with van der Waals surface area (Å²) >= 11 is 5.91. The van der Waals surface area contributed by atoms with E-state index in [1.54, 1.807) is 0 Å². The van der Waals surface area contributed by atoms with Gasteiger partial charge in [-0.1, -0.05) is 23.7 Å². The molecule has 0 N–H and O–H groups in total.